The van der Waals surface area contributed by atoms with E-state index in [1.807, 2.05) is 24.4 Å². The number of carbonyl (C=O) groups excluding carboxylic acids is 1. The zero-order chi connectivity index (χ0) is 28.3. The van der Waals surface area contributed by atoms with Gasteiger partial charge in [-0.3, -0.25) is 19.1 Å². The molecule has 0 saturated carbocycles. The molecule has 4 bridgehead atoms. The molecule has 0 atom stereocenters. The number of pyridine rings is 1. The van der Waals surface area contributed by atoms with Crippen molar-refractivity contribution in [2.24, 2.45) is 7.05 Å². The number of aromatic nitrogens is 3. The molecule has 4 aromatic rings. The molecule has 0 N–H and O–H groups in total. The van der Waals surface area contributed by atoms with Crippen molar-refractivity contribution in [2.45, 2.75) is 13.1 Å². The second kappa shape index (κ2) is 11.6. The molecule has 212 valence electrons. The van der Waals surface area contributed by atoms with Crippen LogP contribution in [0, 0.1) is 0 Å². The summed E-state index contributed by atoms with van der Waals surface area (Å²) in [5.41, 5.74) is 4.07. The van der Waals surface area contributed by atoms with Crippen LogP contribution >= 0.6 is 0 Å². The van der Waals surface area contributed by atoms with Gasteiger partial charge >= 0.3 is 0 Å². The average Bonchev–Trinajstić information content (AvgIpc) is 3.48. The summed E-state index contributed by atoms with van der Waals surface area (Å²) in [6, 6.07) is 15.2. The molecule has 0 aliphatic carbocycles. The van der Waals surface area contributed by atoms with Gasteiger partial charge in [0.2, 0.25) is 0 Å². The molecule has 6 rings (SSSR count). The Morgan fingerprint density at radius 3 is 2.66 bits per heavy atom. The number of imidazole rings is 1. The quantitative estimate of drug-likeness (QED) is 0.382. The van der Waals surface area contributed by atoms with E-state index in [0.29, 0.717) is 30.2 Å². The first-order valence-corrected chi connectivity index (χ1v) is 13.7. The van der Waals surface area contributed by atoms with Gasteiger partial charge in [0.25, 0.3) is 11.5 Å². The van der Waals surface area contributed by atoms with Crippen LogP contribution in [0.4, 0.5) is 0 Å². The fourth-order valence-electron chi connectivity index (χ4n) is 5.34. The first-order chi connectivity index (χ1) is 20.0. The third kappa shape index (κ3) is 5.75. The van der Waals surface area contributed by atoms with Gasteiger partial charge in [-0.25, -0.2) is 4.98 Å². The molecule has 4 heterocycles. The zero-order valence-electron chi connectivity index (χ0n) is 23.3. The number of carbonyl (C=O) groups is 1. The van der Waals surface area contributed by atoms with Gasteiger partial charge < -0.3 is 23.7 Å². The van der Waals surface area contributed by atoms with Crippen molar-refractivity contribution in [1.29, 1.82) is 0 Å². The maximum Gasteiger partial charge on any atom is 0.254 e. The van der Waals surface area contributed by atoms with Crippen molar-refractivity contribution in [3.05, 3.63) is 94.2 Å². The lowest BCUT2D eigenvalue weighted by molar-refractivity contribution is 0.0341. The van der Waals surface area contributed by atoms with E-state index in [4.69, 9.17) is 14.2 Å². The molecule has 2 aliphatic rings. The number of aryl methyl sites for hydroxylation is 1. The van der Waals surface area contributed by atoms with Crippen LogP contribution in [-0.4, -0.2) is 76.4 Å². The summed E-state index contributed by atoms with van der Waals surface area (Å²) >= 11 is 0. The molecule has 1 amide bonds. The van der Waals surface area contributed by atoms with Crippen LogP contribution < -0.4 is 15.0 Å². The van der Waals surface area contributed by atoms with Gasteiger partial charge in [0.15, 0.2) is 11.5 Å². The minimum absolute atomic E-state index is 0.231. The van der Waals surface area contributed by atoms with E-state index in [2.05, 4.69) is 32.7 Å². The summed E-state index contributed by atoms with van der Waals surface area (Å²) < 4.78 is 20.8. The maximum absolute atomic E-state index is 13.8. The molecule has 10 heteroatoms. The SMILES string of the molecule is COc1ccc2cc1OCCN(C(=O)c1ccn(C)c(=O)c1)Cc1cc(CN3CCOCC3)cc(c1)-n1ccnc1-2. The van der Waals surface area contributed by atoms with E-state index >= 15 is 0 Å². The number of nitrogens with zero attached hydrogens (tertiary/aromatic N) is 5. The molecular weight excluding hydrogens is 522 g/mol. The highest BCUT2D eigenvalue weighted by Gasteiger charge is 2.21. The number of fused-ring (bicyclic) bond motifs is 7. The number of hydrogen-bond donors (Lipinski definition) is 0. The predicted octanol–water partition coefficient (Wildman–Crippen LogP) is 3.11. The molecule has 2 aromatic heterocycles. The Labute approximate surface area is 238 Å². The van der Waals surface area contributed by atoms with Crippen LogP contribution in [0.3, 0.4) is 0 Å². The number of benzene rings is 2. The Kier molecular flexibility index (Phi) is 7.58. The Hall–Kier alpha value is -4.41. The first-order valence-electron chi connectivity index (χ1n) is 13.7. The van der Waals surface area contributed by atoms with E-state index in [0.717, 1.165) is 61.1 Å². The summed E-state index contributed by atoms with van der Waals surface area (Å²) in [7, 11) is 3.26. The topological polar surface area (TPSA) is 91.1 Å². The number of amides is 1. The normalized spacial score (nSPS) is 15.6. The van der Waals surface area contributed by atoms with E-state index in [-0.39, 0.29) is 18.1 Å². The molecular formula is C31H33N5O5. The summed E-state index contributed by atoms with van der Waals surface area (Å²) in [4.78, 5) is 34.9. The molecule has 0 unspecified atom stereocenters. The standard InChI is InChI=1S/C31H33N5O5/c1-33-7-5-25(19-29(33)37)31(38)35-11-14-41-28-18-24(3-4-27(28)39-2)30-32-6-8-36(30)26-16-22(15-23(17-26)21-35)20-34-9-12-40-13-10-34/h3-8,15-19H,9-14,20-21H2,1-2H3. The Morgan fingerprint density at radius 2 is 1.85 bits per heavy atom. The summed E-state index contributed by atoms with van der Waals surface area (Å²) in [5.74, 6) is 1.71. The lowest BCUT2D eigenvalue weighted by Gasteiger charge is -2.27. The highest BCUT2D eigenvalue weighted by molar-refractivity contribution is 5.94. The Morgan fingerprint density at radius 1 is 1.00 bits per heavy atom. The van der Waals surface area contributed by atoms with Gasteiger partial charge in [0.05, 0.1) is 26.9 Å². The van der Waals surface area contributed by atoms with Crippen molar-refractivity contribution in [2.75, 3.05) is 46.6 Å². The van der Waals surface area contributed by atoms with Crippen molar-refractivity contribution < 1.29 is 19.0 Å². The number of rotatable bonds is 4. The molecule has 2 aliphatic heterocycles. The largest absolute Gasteiger partial charge is 0.493 e. The number of morpholine rings is 1. The van der Waals surface area contributed by atoms with Crippen molar-refractivity contribution >= 4 is 5.91 Å². The molecule has 10 nitrogen and oxygen atoms in total. The summed E-state index contributed by atoms with van der Waals surface area (Å²) in [5, 5.41) is 0. The molecule has 1 fully saturated rings. The minimum atomic E-state index is -0.234. The third-order valence-corrected chi connectivity index (χ3v) is 7.52. The summed E-state index contributed by atoms with van der Waals surface area (Å²) in [6.45, 7) is 4.85. The van der Waals surface area contributed by atoms with E-state index < -0.39 is 0 Å². The third-order valence-electron chi connectivity index (χ3n) is 7.52. The fourth-order valence-corrected chi connectivity index (χ4v) is 5.34. The van der Waals surface area contributed by atoms with Crippen molar-refractivity contribution in [1.82, 2.24) is 23.9 Å². The minimum Gasteiger partial charge on any atom is -0.493 e. The van der Waals surface area contributed by atoms with Crippen LogP contribution in [0.25, 0.3) is 17.1 Å². The fraction of sp³-hybridized carbons (Fsp3) is 0.323. The van der Waals surface area contributed by atoms with E-state index in [1.54, 1.807) is 37.5 Å². The second-order valence-electron chi connectivity index (χ2n) is 10.3. The van der Waals surface area contributed by atoms with Gasteiger partial charge in [-0.15, -0.1) is 0 Å². The predicted molar refractivity (Wildman–Crippen MR) is 154 cm³/mol. The molecule has 41 heavy (non-hydrogen) atoms. The molecule has 0 spiro atoms. The maximum atomic E-state index is 13.8. The first kappa shape index (κ1) is 26.8. The second-order valence-corrected chi connectivity index (χ2v) is 10.3. The molecule has 1 saturated heterocycles. The van der Waals surface area contributed by atoms with E-state index in [1.165, 1.54) is 10.6 Å². The van der Waals surface area contributed by atoms with Crippen LogP contribution in [-0.2, 0) is 24.9 Å². The van der Waals surface area contributed by atoms with Crippen LogP contribution in [0.5, 0.6) is 11.5 Å². The van der Waals surface area contributed by atoms with Crippen LogP contribution in [0.2, 0.25) is 0 Å². The van der Waals surface area contributed by atoms with Gasteiger partial charge in [-0.2, -0.15) is 0 Å². The number of ether oxygens (including phenoxy) is 3. The average molecular weight is 556 g/mol. The highest BCUT2D eigenvalue weighted by atomic mass is 16.5. The van der Waals surface area contributed by atoms with Gasteiger partial charge in [-0.05, 0) is 47.5 Å². The monoisotopic (exact) mass is 555 g/mol. The lowest BCUT2D eigenvalue weighted by Crippen LogP contribution is -2.36. The van der Waals surface area contributed by atoms with Gasteiger partial charge in [-0.1, -0.05) is 6.07 Å². The van der Waals surface area contributed by atoms with Crippen molar-refractivity contribution in [3.8, 4) is 28.6 Å². The Bertz CT molecular complexity index is 1620. The highest BCUT2D eigenvalue weighted by Crippen LogP contribution is 2.33. The van der Waals surface area contributed by atoms with E-state index in [9.17, 15) is 9.59 Å². The van der Waals surface area contributed by atoms with Gasteiger partial charge in [0.1, 0.15) is 12.4 Å². The number of hydrogen-bond acceptors (Lipinski definition) is 7. The lowest BCUT2D eigenvalue weighted by atomic mass is 10.1. The molecule has 0 radical (unpaired) electrons. The summed E-state index contributed by atoms with van der Waals surface area (Å²) in [6.07, 6.45) is 5.34. The van der Waals surface area contributed by atoms with Crippen LogP contribution in [0.1, 0.15) is 21.5 Å². The number of methoxy groups -OCH3 is 1. The Balaban J connectivity index is 1.45. The van der Waals surface area contributed by atoms with Crippen molar-refractivity contribution in [3.63, 3.8) is 0 Å². The molecule has 2 aromatic carbocycles. The zero-order valence-corrected chi connectivity index (χ0v) is 23.3. The smallest absolute Gasteiger partial charge is 0.254 e. The van der Waals surface area contributed by atoms with Gasteiger partial charge in [0, 0.05) is 74.7 Å². The van der Waals surface area contributed by atoms with Crippen LogP contribution in [0.15, 0.2) is 71.9 Å².